The summed E-state index contributed by atoms with van der Waals surface area (Å²) in [7, 11) is 0. The zero-order valence-electron chi connectivity index (χ0n) is 65.4. The molecular weight excluding hydrogens is 1460 g/mol. The van der Waals surface area contributed by atoms with Crippen molar-refractivity contribution in [3.8, 4) is 89.0 Å². The normalized spacial score (nSPS) is 11.3. The van der Waals surface area contributed by atoms with E-state index in [9.17, 15) is 0 Å². The Balaban J connectivity index is 0.000000112. The van der Waals surface area contributed by atoms with Crippen molar-refractivity contribution < 1.29 is 13.3 Å². The van der Waals surface area contributed by atoms with Crippen LogP contribution in [-0.2, 0) is 0 Å². The highest BCUT2D eigenvalue weighted by atomic mass is 16.3. The van der Waals surface area contributed by atoms with E-state index in [1.807, 2.05) is 48.5 Å². The van der Waals surface area contributed by atoms with Gasteiger partial charge in [0.25, 0.3) is 0 Å². The van der Waals surface area contributed by atoms with E-state index in [4.69, 9.17) is 13.3 Å². The topological polar surface area (TPSA) is 75.5 Å². The lowest BCUT2D eigenvalue weighted by atomic mass is 9.93. The first-order valence-corrected chi connectivity index (χ1v) is 40.7. The second-order valence-corrected chi connectivity index (χ2v) is 30.4. The fourth-order valence-electron chi connectivity index (χ4n) is 17.1. The molecule has 0 saturated carbocycles. The Kier molecular flexibility index (Phi) is 18.9. The lowest BCUT2D eigenvalue weighted by Crippen LogP contribution is -1.95. The van der Waals surface area contributed by atoms with Gasteiger partial charge in [0.2, 0.25) is 0 Å². The maximum Gasteiger partial charge on any atom is 0.145 e. The molecule has 3 heterocycles. The van der Waals surface area contributed by atoms with Gasteiger partial charge in [0.1, 0.15) is 33.5 Å². The summed E-state index contributed by atoms with van der Waals surface area (Å²) in [5, 5.41) is 25.2. The number of hydrogen-bond acceptors (Lipinski definition) is 6. The van der Waals surface area contributed by atoms with E-state index in [-0.39, 0.29) is 0 Å². The lowest BCUT2D eigenvalue weighted by molar-refractivity contribution is 0.669. The maximum atomic E-state index is 6.60. The Morgan fingerprint density at radius 1 is 0.158 bits per heavy atom. The van der Waals surface area contributed by atoms with Gasteiger partial charge in [-0.05, 0) is 208 Å². The first-order chi connectivity index (χ1) is 59.4. The number of nitrogens with one attached hydrogen (secondary N) is 3. The van der Waals surface area contributed by atoms with Crippen LogP contribution in [0.3, 0.4) is 0 Å². The maximum absolute atomic E-state index is 6.60. The van der Waals surface area contributed by atoms with E-state index in [0.717, 1.165) is 133 Å². The van der Waals surface area contributed by atoms with Gasteiger partial charge in [0, 0.05) is 66.4 Å². The molecule has 0 saturated heterocycles. The molecule has 23 rings (SSSR count). The molecule has 0 amide bonds. The molecule has 3 aromatic heterocycles. The number of rotatable bonds is 14. The quantitative estimate of drug-likeness (QED) is 0.101. The van der Waals surface area contributed by atoms with E-state index in [1.165, 1.54) is 88.0 Å². The minimum atomic E-state index is 0.880. The summed E-state index contributed by atoms with van der Waals surface area (Å²) in [5.74, 6) is 0. The molecule has 3 N–H and O–H groups in total. The average Bonchev–Trinajstić information content (AvgIpc) is 1.55. The summed E-state index contributed by atoms with van der Waals surface area (Å²) < 4.78 is 19.5. The van der Waals surface area contributed by atoms with E-state index in [1.54, 1.807) is 0 Å². The Morgan fingerprint density at radius 2 is 0.567 bits per heavy atom. The molecular formula is C114H77N3O3. The van der Waals surface area contributed by atoms with Gasteiger partial charge in [-0.1, -0.05) is 346 Å². The van der Waals surface area contributed by atoms with E-state index >= 15 is 0 Å². The van der Waals surface area contributed by atoms with Crippen LogP contribution in [0.2, 0.25) is 0 Å². The van der Waals surface area contributed by atoms with Gasteiger partial charge in [-0.25, -0.2) is 0 Å². The monoisotopic (exact) mass is 1540 g/mol. The zero-order valence-corrected chi connectivity index (χ0v) is 65.4. The van der Waals surface area contributed by atoms with Crippen LogP contribution in [0.15, 0.2) is 462 Å². The predicted octanol–water partition coefficient (Wildman–Crippen LogP) is 32.8. The average molecular weight is 1540 g/mol. The molecule has 6 heteroatoms. The van der Waals surface area contributed by atoms with Crippen LogP contribution in [-0.4, -0.2) is 0 Å². The van der Waals surface area contributed by atoms with Crippen LogP contribution in [0, 0.1) is 0 Å². The lowest BCUT2D eigenvalue weighted by Gasteiger charge is -2.15. The molecule has 0 spiro atoms. The largest absolute Gasteiger partial charge is 0.455 e. The van der Waals surface area contributed by atoms with Crippen molar-refractivity contribution in [3.63, 3.8) is 0 Å². The van der Waals surface area contributed by atoms with Crippen molar-refractivity contribution in [2.75, 3.05) is 16.0 Å². The highest BCUT2D eigenvalue weighted by Gasteiger charge is 2.23. The summed E-state index contributed by atoms with van der Waals surface area (Å²) in [6, 6.07) is 158. The van der Waals surface area contributed by atoms with Crippen LogP contribution < -0.4 is 16.0 Å². The molecule has 6 nitrogen and oxygen atoms in total. The van der Waals surface area contributed by atoms with Crippen LogP contribution in [0.25, 0.3) is 187 Å². The molecule has 0 bridgehead atoms. The SMILES string of the molecule is c1ccc(-c2ccc(-c3cc(Nc4cccc(-c5ccccc5)c4)cc4c3oc3ccccc34)cc2)cc1.c1ccc(-c2ccccc2-c2ccc(Nc3cccc(-c4ccc5ccccc5c4)c3)c3c2oc2ccccc23)cc1.c1ccc2cc(-c3ccc(Nc4ccc5c(oc6ccccc65)c4-c4cccc5ccccc45)cc3)ccc2c1. The minimum absolute atomic E-state index is 0.880. The molecule has 23 aromatic rings. The molecule has 20 aromatic carbocycles. The van der Waals surface area contributed by atoms with Crippen molar-refractivity contribution in [1.29, 1.82) is 0 Å². The van der Waals surface area contributed by atoms with Crippen molar-refractivity contribution >= 4 is 132 Å². The Labute approximate surface area is 694 Å². The van der Waals surface area contributed by atoms with Gasteiger partial charge in [0.15, 0.2) is 0 Å². The van der Waals surface area contributed by atoms with Crippen molar-refractivity contribution in [2.45, 2.75) is 0 Å². The van der Waals surface area contributed by atoms with E-state index < -0.39 is 0 Å². The molecule has 0 aliphatic rings. The van der Waals surface area contributed by atoms with Crippen LogP contribution in [0.4, 0.5) is 34.1 Å². The predicted molar refractivity (Wildman–Crippen MR) is 506 cm³/mol. The fraction of sp³-hybridized carbons (Fsp3) is 0. The number of benzene rings is 20. The molecule has 0 aliphatic heterocycles. The molecule has 0 unspecified atom stereocenters. The van der Waals surface area contributed by atoms with Crippen LogP contribution in [0.5, 0.6) is 0 Å². The van der Waals surface area contributed by atoms with Gasteiger partial charge in [-0.2, -0.15) is 0 Å². The summed E-state index contributed by atoms with van der Waals surface area (Å²) >= 11 is 0. The minimum Gasteiger partial charge on any atom is -0.455 e. The smallest absolute Gasteiger partial charge is 0.145 e. The molecule has 0 fully saturated rings. The third kappa shape index (κ3) is 14.2. The molecule has 0 atom stereocenters. The first-order valence-electron chi connectivity index (χ1n) is 40.7. The zero-order chi connectivity index (χ0) is 79.7. The number of anilines is 6. The second-order valence-electron chi connectivity index (χ2n) is 30.4. The van der Waals surface area contributed by atoms with Gasteiger partial charge in [-0.3, -0.25) is 0 Å². The third-order valence-electron chi connectivity index (χ3n) is 22.9. The number of fused-ring (bicyclic) bond motifs is 12. The number of para-hydroxylation sites is 3. The van der Waals surface area contributed by atoms with Crippen molar-refractivity contribution in [1.82, 2.24) is 0 Å². The standard InChI is InChI=1S/C40H27NO.C38H25NO.C36H25NO/c1-2-12-28(13-3-1)33-17-6-7-18-34(33)35-23-24-37(39-36-19-8-9-20-38(36)42-40(35)39)41-32-16-10-15-30(26-32)31-22-21-27-11-4-5-14-29(27)25-31;1-2-10-28-24-29(17-16-25(28)8-1)26-18-20-30(21-19-26)39-35-23-22-34-32-13-5-6-15-36(32)40-38(34)37(35)33-14-7-11-27-9-3-4-12-31(27)33;1-3-10-25(11-4-1)27-18-20-28(21-19-27)33-23-31(24-34-32-16-7-8-17-35(32)38-36(33)34)37-30-15-9-14-29(22-30)26-12-5-2-6-13-26/h1-26,41H;1-24,39H;1-24,37H. The first kappa shape index (κ1) is 71.7. The summed E-state index contributed by atoms with van der Waals surface area (Å²) in [6.07, 6.45) is 0. The van der Waals surface area contributed by atoms with E-state index in [2.05, 4.69) is 416 Å². The van der Waals surface area contributed by atoms with Gasteiger partial charge in [-0.15, -0.1) is 0 Å². The molecule has 120 heavy (non-hydrogen) atoms. The molecule has 0 aliphatic carbocycles. The van der Waals surface area contributed by atoms with Crippen molar-refractivity contribution in [2.24, 2.45) is 0 Å². The summed E-state index contributed by atoms with van der Waals surface area (Å²) in [5.41, 5.74) is 30.1. The Morgan fingerprint density at radius 3 is 1.23 bits per heavy atom. The third-order valence-corrected chi connectivity index (χ3v) is 22.9. The number of furan rings is 3. The molecule has 0 radical (unpaired) electrons. The van der Waals surface area contributed by atoms with Gasteiger partial charge in [0.05, 0.1) is 16.8 Å². The Bertz CT molecular complexity index is 7730. The summed E-state index contributed by atoms with van der Waals surface area (Å²) in [4.78, 5) is 0. The summed E-state index contributed by atoms with van der Waals surface area (Å²) in [6.45, 7) is 0. The highest BCUT2D eigenvalue weighted by molar-refractivity contribution is 6.18. The second kappa shape index (κ2) is 31.6. The van der Waals surface area contributed by atoms with Crippen LogP contribution >= 0.6 is 0 Å². The van der Waals surface area contributed by atoms with E-state index in [0.29, 0.717) is 0 Å². The molecule has 566 valence electrons. The Hall–Kier alpha value is -16.0. The van der Waals surface area contributed by atoms with Crippen LogP contribution in [0.1, 0.15) is 0 Å². The highest BCUT2D eigenvalue weighted by Crippen LogP contribution is 2.48. The van der Waals surface area contributed by atoms with Gasteiger partial charge < -0.3 is 29.2 Å². The van der Waals surface area contributed by atoms with Gasteiger partial charge >= 0.3 is 0 Å². The van der Waals surface area contributed by atoms with Crippen molar-refractivity contribution in [3.05, 3.63) is 449 Å². The fourth-order valence-corrected chi connectivity index (χ4v) is 17.1. The number of hydrogen-bond donors (Lipinski definition) is 3.